The van der Waals surface area contributed by atoms with Crippen molar-refractivity contribution >= 4 is 23.5 Å². The standard InChI is InChI=1S/C25H27ClN4O/c1-17(28-18(2)31)19-8-10-20(11-9-19)21-12-14-30(15-13-21)25-27-16-23(24(26)29-25)22-6-4-3-5-7-22/h3-11,16-17,21H,12-15H2,1-2H3,(H,28,31). The monoisotopic (exact) mass is 434 g/mol. The van der Waals surface area contributed by atoms with Gasteiger partial charge in [0.2, 0.25) is 11.9 Å². The molecule has 31 heavy (non-hydrogen) atoms. The number of hydrogen-bond acceptors (Lipinski definition) is 4. The number of hydrogen-bond donors (Lipinski definition) is 1. The number of halogens is 1. The average molecular weight is 435 g/mol. The van der Waals surface area contributed by atoms with E-state index in [1.165, 1.54) is 5.56 Å². The highest BCUT2D eigenvalue weighted by atomic mass is 35.5. The highest BCUT2D eigenvalue weighted by Crippen LogP contribution is 2.32. The van der Waals surface area contributed by atoms with E-state index >= 15 is 0 Å². The summed E-state index contributed by atoms with van der Waals surface area (Å²) in [5, 5.41) is 3.42. The lowest BCUT2D eigenvalue weighted by atomic mass is 9.88. The van der Waals surface area contributed by atoms with Crippen molar-refractivity contribution in [3.63, 3.8) is 0 Å². The fourth-order valence-corrected chi connectivity index (χ4v) is 4.41. The first-order chi connectivity index (χ1) is 15.0. The second kappa shape index (κ2) is 9.48. The molecule has 5 nitrogen and oxygen atoms in total. The Balaban J connectivity index is 1.39. The molecule has 0 radical (unpaired) electrons. The van der Waals surface area contributed by atoms with Gasteiger partial charge in [-0.25, -0.2) is 9.97 Å². The molecule has 1 fully saturated rings. The maximum atomic E-state index is 11.3. The summed E-state index contributed by atoms with van der Waals surface area (Å²) in [4.78, 5) is 22.6. The average Bonchev–Trinajstić information content (AvgIpc) is 2.79. The van der Waals surface area contributed by atoms with E-state index in [9.17, 15) is 4.79 Å². The Labute approximate surface area is 188 Å². The Bertz CT molecular complexity index is 1030. The minimum atomic E-state index is -0.0110. The number of nitrogens with one attached hydrogen (secondary N) is 1. The van der Waals surface area contributed by atoms with E-state index in [2.05, 4.69) is 44.5 Å². The predicted octanol–water partition coefficient (Wildman–Crippen LogP) is 5.38. The van der Waals surface area contributed by atoms with Gasteiger partial charge < -0.3 is 10.2 Å². The number of amides is 1. The molecule has 1 unspecified atom stereocenters. The van der Waals surface area contributed by atoms with Crippen LogP contribution in [0.4, 0.5) is 5.95 Å². The summed E-state index contributed by atoms with van der Waals surface area (Å²) >= 11 is 6.48. The van der Waals surface area contributed by atoms with E-state index < -0.39 is 0 Å². The summed E-state index contributed by atoms with van der Waals surface area (Å²) in [6, 6.07) is 18.6. The minimum absolute atomic E-state index is 0.0110. The van der Waals surface area contributed by atoms with Crippen LogP contribution in [-0.2, 0) is 4.79 Å². The lowest BCUT2D eigenvalue weighted by molar-refractivity contribution is -0.119. The van der Waals surface area contributed by atoms with Gasteiger partial charge in [-0.05, 0) is 42.4 Å². The van der Waals surface area contributed by atoms with Gasteiger partial charge in [0.15, 0.2) is 0 Å². The Hall–Kier alpha value is -2.92. The number of rotatable bonds is 5. The van der Waals surface area contributed by atoms with Crippen molar-refractivity contribution in [1.82, 2.24) is 15.3 Å². The molecule has 1 aromatic heterocycles. The van der Waals surface area contributed by atoms with Gasteiger partial charge in [-0.3, -0.25) is 4.79 Å². The van der Waals surface area contributed by atoms with Crippen LogP contribution < -0.4 is 10.2 Å². The lowest BCUT2D eigenvalue weighted by Gasteiger charge is -2.32. The molecule has 0 saturated carbocycles. The molecule has 1 aliphatic heterocycles. The Morgan fingerprint density at radius 3 is 2.39 bits per heavy atom. The summed E-state index contributed by atoms with van der Waals surface area (Å²) < 4.78 is 0. The Morgan fingerprint density at radius 1 is 1.10 bits per heavy atom. The molecule has 0 aliphatic carbocycles. The van der Waals surface area contributed by atoms with Crippen molar-refractivity contribution in [3.8, 4) is 11.1 Å². The number of carbonyl (C=O) groups is 1. The molecule has 1 amide bonds. The summed E-state index contributed by atoms with van der Waals surface area (Å²) in [5.41, 5.74) is 4.35. The van der Waals surface area contributed by atoms with E-state index in [0.717, 1.165) is 42.6 Å². The number of aromatic nitrogens is 2. The van der Waals surface area contributed by atoms with Gasteiger partial charge in [0, 0.05) is 31.8 Å². The summed E-state index contributed by atoms with van der Waals surface area (Å²) in [6.45, 7) is 5.35. The van der Waals surface area contributed by atoms with Crippen LogP contribution in [0.5, 0.6) is 0 Å². The quantitative estimate of drug-likeness (QED) is 0.548. The fourth-order valence-electron chi connectivity index (χ4n) is 4.17. The molecular weight excluding hydrogens is 408 g/mol. The maximum absolute atomic E-state index is 11.3. The van der Waals surface area contributed by atoms with Gasteiger partial charge in [0.05, 0.1) is 6.04 Å². The second-order valence-corrected chi connectivity index (χ2v) is 8.45. The number of piperidine rings is 1. The zero-order chi connectivity index (χ0) is 21.8. The molecule has 0 bridgehead atoms. The minimum Gasteiger partial charge on any atom is -0.350 e. The third-order valence-electron chi connectivity index (χ3n) is 5.92. The summed E-state index contributed by atoms with van der Waals surface area (Å²) in [5.74, 6) is 1.20. The largest absolute Gasteiger partial charge is 0.350 e. The topological polar surface area (TPSA) is 58.1 Å². The van der Waals surface area contributed by atoms with E-state index in [-0.39, 0.29) is 11.9 Å². The highest BCUT2D eigenvalue weighted by molar-refractivity contribution is 6.32. The van der Waals surface area contributed by atoms with E-state index in [1.807, 2.05) is 43.5 Å². The van der Waals surface area contributed by atoms with Crippen LogP contribution in [0.1, 0.15) is 49.8 Å². The van der Waals surface area contributed by atoms with Gasteiger partial charge in [0.25, 0.3) is 0 Å². The molecule has 1 N–H and O–H groups in total. The van der Waals surface area contributed by atoms with Crippen molar-refractivity contribution in [3.05, 3.63) is 77.1 Å². The van der Waals surface area contributed by atoms with Crippen molar-refractivity contribution in [2.45, 2.75) is 38.6 Å². The number of benzene rings is 2. The third kappa shape index (κ3) is 5.05. The molecule has 6 heteroatoms. The first-order valence-corrected chi connectivity index (χ1v) is 11.1. The molecule has 3 aromatic rings. The normalized spacial score (nSPS) is 15.5. The number of carbonyl (C=O) groups excluding carboxylic acids is 1. The zero-order valence-corrected chi connectivity index (χ0v) is 18.6. The van der Waals surface area contributed by atoms with Gasteiger partial charge in [-0.1, -0.05) is 66.2 Å². The van der Waals surface area contributed by atoms with Crippen molar-refractivity contribution in [1.29, 1.82) is 0 Å². The van der Waals surface area contributed by atoms with E-state index in [0.29, 0.717) is 17.0 Å². The van der Waals surface area contributed by atoms with Gasteiger partial charge in [-0.15, -0.1) is 0 Å². The molecule has 4 rings (SSSR count). The molecule has 2 heterocycles. The molecule has 2 aromatic carbocycles. The van der Waals surface area contributed by atoms with E-state index in [1.54, 1.807) is 6.92 Å². The number of nitrogens with zero attached hydrogens (tertiary/aromatic N) is 3. The molecule has 1 atom stereocenters. The number of anilines is 1. The first kappa shape index (κ1) is 21.3. The van der Waals surface area contributed by atoms with Crippen LogP contribution in [0.15, 0.2) is 60.8 Å². The van der Waals surface area contributed by atoms with Crippen molar-refractivity contribution in [2.24, 2.45) is 0 Å². The van der Waals surface area contributed by atoms with Crippen LogP contribution >= 0.6 is 11.6 Å². The summed E-state index contributed by atoms with van der Waals surface area (Å²) in [6.07, 6.45) is 3.91. The van der Waals surface area contributed by atoms with Crippen molar-refractivity contribution < 1.29 is 4.79 Å². The van der Waals surface area contributed by atoms with E-state index in [4.69, 9.17) is 11.6 Å². The fraction of sp³-hybridized carbons (Fsp3) is 0.320. The maximum Gasteiger partial charge on any atom is 0.226 e. The molecular formula is C25H27ClN4O. The lowest BCUT2D eigenvalue weighted by Crippen LogP contribution is -2.34. The molecule has 160 valence electrons. The summed E-state index contributed by atoms with van der Waals surface area (Å²) in [7, 11) is 0. The molecule has 0 spiro atoms. The third-order valence-corrected chi connectivity index (χ3v) is 6.21. The molecule has 1 saturated heterocycles. The first-order valence-electron chi connectivity index (χ1n) is 10.7. The Kier molecular flexibility index (Phi) is 6.52. The van der Waals surface area contributed by atoms with Crippen LogP contribution in [0, 0.1) is 0 Å². The van der Waals surface area contributed by atoms with Crippen LogP contribution in [0.3, 0.4) is 0 Å². The zero-order valence-electron chi connectivity index (χ0n) is 17.9. The van der Waals surface area contributed by atoms with Gasteiger partial charge in [0.1, 0.15) is 5.15 Å². The second-order valence-electron chi connectivity index (χ2n) is 8.09. The van der Waals surface area contributed by atoms with Crippen molar-refractivity contribution in [2.75, 3.05) is 18.0 Å². The SMILES string of the molecule is CC(=O)NC(C)c1ccc(C2CCN(c3ncc(-c4ccccc4)c(Cl)n3)CC2)cc1. The van der Waals surface area contributed by atoms with Crippen LogP contribution in [0.25, 0.3) is 11.1 Å². The highest BCUT2D eigenvalue weighted by Gasteiger charge is 2.23. The van der Waals surface area contributed by atoms with Crippen LogP contribution in [-0.4, -0.2) is 29.0 Å². The molecule has 1 aliphatic rings. The van der Waals surface area contributed by atoms with Gasteiger partial charge in [-0.2, -0.15) is 0 Å². The van der Waals surface area contributed by atoms with Crippen LogP contribution in [0.2, 0.25) is 5.15 Å². The Morgan fingerprint density at radius 2 is 1.77 bits per heavy atom. The predicted molar refractivity (Wildman–Crippen MR) is 125 cm³/mol. The van der Waals surface area contributed by atoms with Gasteiger partial charge >= 0.3 is 0 Å². The smallest absolute Gasteiger partial charge is 0.226 e.